The van der Waals surface area contributed by atoms with Gasteiger partial charge in [-0.15, -0.1) is 0 Å². The Kier molecular flexibility index (Phi) is 13.8. The zero-order valence-electron chi connectivity index (χ0n) is 30.9. The smallest absolute Gasteiger partial charge is 0.407 e. The Morgan fingerprint density at radius 3 is 1.35 bits per heavy atom. The Morgan fingerprint density at radius 2 is 0.922 bits per heavy atom. The summed E-state index contributed by atoms with van der Waals surface area (Å²) in [6.07, 6.45) is 12.3. The minimum absolute atomic E-state index is 0.109. The average molecular weight is 709 g/mol. The number of benzene rings is 1. The maximum absolute atomic E-state index is 13.9. The molecule has 11 heteroatoms. The molecule has 0 spiro atoms. The highest BCUT2D eigenvalue weighted by molar-refractivity contribution is 5.85. The standard InChI is InChI=1S/C40H60N4O7/c1-40(2,3)51-39(49)44-33-23-13-9-19-29(33)37(47)42-31-21-11-7-17-27(31)35(45)41-32-22-12-8-18-28(32)36(46)43-34-24-14-10-20-30(34)38(48)50-25-26-15-5-4-6-16-26/h4-6,15-16,27-34H,7-14,17-25H2,1-3H3,(H,41,45)(H,42,47)(H,43,46)(H,44,49)/t27-,28-,29-,30-,31-,32-,33-,34-/m0/s1. The van der Waals surface area contributed by atoms with Crippen molar-refractivity contribution in [3.05, 3.63) is 35.9 Å². The van der Waals surface area contributed by atoms with E-state index in [-0.39, 0.29) is 66.3 Å². The van der Waals surface area contributed by atoms with Gasteiger partial charge in [-0.2, -0.15) is 0 Å². The van der Waals surface area contributed by atoms with Gasteiger partial charge in [0.25, 0.3) is 0 Å². The average Bonchev–Trinajstić information content (AvgIpc) is 3.11. The molecule has 4 N–H and O–H groups in total. The lowest BCUT2D eigenvalue weighted by atomic mass is 9.79. The van der Waals surface area contributed by atoms with Crippen LogP contribution in [0, 0.1) is 23.7 Å². The molecule has 5 rings (SSSR count). The van der Waals surface area contributed by atoms with Gasteiger partial charge in [-0.1, -0.05) is 81.7 Å². The first-order valence-electron chi connectivity index (χ1n) is 19.6. The van der Waals surface area contributed by atoms with E-state index in [1.54, 1.807) is 0 Å². The minimum atomic E-state index is -0.633. The Morgan fingerprint density at radius 1 is 0.549 bits per heavy atom. The maximum Gasteiger partial charge on any atom is 0.407 e. The van der Waals surface area contributed by atoms with E-state index in [1.165, 1.54) is 0 Å². The van der Waals surface area contributed by atoms with Crippen molar-refractivity contribution >= 4 is 29.8 Å². The van der Waals surface area contributed by atoms with Crippen molar-refractivity contribution in [2.45, 2.75) is 160 Å². The van der Waals surface area contributed by atoms with Crippen molar-refractivity contribution in [3.63, 3.8) is 0 Å². The molecule has 0 aromatic heterocycles. The van der Waals surface area contributed by atoms with Crippen molar-refractivity contribution in [3.8, 4) is 0 Å². The number of carbonyl (C=O) groups excluding carboxylic acids is 5. The zero-order chi connectivity index (χ0) is 36.4. The summed E-state index contributed by atoms with van der Waals surface area (Å²) in [5.74, 6) is -2.18. The molecular weight excluding hydrogens is 648 g/mol. The number of hydrogen-bond donors (Lipinski definition) is 4. The van der Waals surface area contributed by atoms with Crippen LogP contribution in [0.2, 0.25) is 0 Å². The summed E-state index contributed by atoms with van der Waals surface area (Å²) in [6, 6.07) is 8.37. The molecule has 4 amide bonds. The van der Waals surface area contributed by atoms with E-state index in [1.807, 2.05) is 51.1 Å². The number of carbonyl (C=O) groups is 5. The summed E-state index contributed by atoms with van der Waals surface area (Å²) in [7, 11) is 0. The summed E-state index contributed by atoms with van der Waals surface area (Å²) in [5.41, 5.74) is 0.294. The van der Waals surface area contributed by atoms with E-state index in [0.717, 1.165) is 63.4 Å². The number of hydrogen-bond acceptors (Lipinski definition) is 7. The fraction of sp³-hybridized carbons (Fsp3) is 0.725. The number of amides is 4. The molecule has 8 atom stereocenters. The third-order valence-electron chi connectivity index (χ3n) is 11.3. The highest BCUT2D eigenvalue weighted by atomic mass is 16.6. The van der Waals surface area contributed by atoms with Crippen LogP contribution >= 0.6 is 0 Å². The first-order chi connectivity index (χ1) is 24.5. The lowest BCUT2D eigenvalue weighted by Gasteiger charge is -2.38. The Balaban J connectivity index is 1.17. The second-order valence-corrected chi connectivity index (χ2v) is 16.3. The van der Waals surface area contributed by atoms with Crippen molar-refractivity contribution in [1.29, 1.82) is 0 Å². The van der Waals surface area contributed by atoms with E-state index in [9.17, 15) is 24.0 Å². The largest absolute Gasteiger partial charge is 0.461 e. The molecule has 1 aromatic rings. The first kappa shape index (κ1) is 38.6. The van der Waals surface area contributed by atoms with Gasteiger partial charge in [-0.25, -0.2) is 4.79 Å². The summed E-state index contributed by atoms with van der Waals surface area (Å²) < 4.78 is 11.1. The maximum atomic E-state index is 13.9. The van der Waals surface area contributed by atoms with Crippen LogP contribution < -0.4 is 21.3 Å². The second kappa shape index (κ2) is 18.2. The fourth-order valence-electron chi connectivity index (χ4n) is 8.60. The normalized spacial score (nSPS) is 29.9. The van der Waals surface area contributed by atoms with Crippen LogP contribution in [0.4, 0.5) is 4.79 Å². The Bertz CT molecular complexity index is 1350. The molecule has 51 heavy (non-hydrogen) atoms. The first-order valence-corrected chi connectivity index (χ1v) is 19.6. The molecule has 0 aliphatic heterocycles. The second-order valence-electron chi connectivity index (χ2n) is 16.3. The van der Waals surface area contributed by atoms with Crippen LogP contribution in [0.15, 0.2) is 30.3 Å². The Hall–Kier alpha value is -3.63. The number of nitrogens with one attached hydrogen (secondary N) is 4. The summed E-state index contributed by atoms with van der Waals surface area (Å²) in [4.78, 5) is 67.2. The number of rotatable bonds is 10. The quantitative estimate of drug-likeness (QED) is 0.223. The van der Waals surface area contributed by atoms with Crippen LogP contribution in [-0.2, 0) is 35.3 Å². The highest BCUT2D eigenvalue weighted by Crippen LogP contribution is 2.32. The van der Waals surface area contributed by atoms with Crippen LogP contribution in [0.3, 0.4) is 0 Å². The van der Waals surface area contributed by atoms with E-state index < -0.39 is 23.5 Å². The summed E-state index contributed by atoms with van der Waals surface area (Å²) in [5, 5.41) is 12.6. The van der Waals surface area contributed by atoms with E-state index >= 15 is 0 Å². The third-order valence-corrected chi connectivity index (χ3v) is 11.3. The van der Waals surface area contributed by atoms with Gasteiger partial charge >= 0.3 is 12.1 Å². The molecule has 4 aliphatic carbocycles. The zero-order valence-corrected chi connectivity index (χ0v) is 30.9. The van der Waals surface area contributed by atoms with E-state index in [4.69, 9.17) is 9.47 Å². The predicted molar refractivity (Wildman–Crippen MR) is 193 cm³/mol. The predicted octanol–water partition coefficient (Wildman–Crippen LogP) is 5.84. The lowest BCUT2D eigenvalue weighted by molar-refractivity contribution is -0.152. The molecule has 4 aliphatic rings. The molecule has 4 saturated carbocycles. The van der Waals surface area contributed by atoms with Gasteiger partial charge in [0.15, 0.2) is 0 Å². The van der Waals surface area contributed by atoms with Crippen molar-refractivity contribution < 1.29 is 33.4 Å². The van der Waals surface area contributed by atoms with Crippen molar-refractivity contribution in [2.75, 3.05) is 0 Å². The van der Waals surface area contributed by atoms with Gasteiger partial charge in [0.1, 0.15) is 12.2 Å². The molecule has 0 saturated heterocycles. The fourth-order valence-corrected chi connectivity index (χ4v) is 8.60. The summed E-state index contributed by atoms with van der Waals surface area (Å²) >= 11 is 0. The molecule has 0 radical (unpaired) electrons. The third kappa shape index (κ3) is 11.2. The number of esters is 1. The molecule has 1 aromatic carbocycles. The van der Waals surface area contributed by atoms with Crippen LogP contribution in [0.5, 0.6) is 0 Å². The molecular formula is C40H60N4O7. The summed E-state index contributed by atoms with van der Waals surface area (Å²) in [6.45, 7) is 5.65. The van der Waals surface area contributed by atoms with Crippen LogP contribution in [0.1, 0.15) is 129 Å². The molecule has 11 nitrogen and oxygen atoms in total. The van der Waals surface area contributed by atoms with Crippen LogP contribution in [-0.4, -0.2) is 59.6 Å². The van der Waals surface area contributed by atoms with Crippen LogP contribution in [0.25, 0.3) is 0 Å². The van der Waals surface area contributed by atoms with Gasteiger partial charge in [0, 0.05) is 24.2 Å². The van der Waals surface area contributed by atoms with Gasteiger partial charge in [-0.3, -0.25) is 19.2 Å². The molecule has 0 bridgehead atoms. The molecule has 4 fully saturated rings. The SMILES string of the molecule is CC(C)(C)OC(=O)N[C@H]1CCCC[C@@H]1C(=O)N[C@H]1CCCC[C@@H]1C(=O)N[C@H]1CCCC[C@@H]1C(=O)N[C@H]1CCCC[C@@H]1C(=O)OCc1ccccc1. The molecule has 0 unspecified atom stereocenters. The van der Waals surface area contributed by atoms with Gasteiger partial charge in [0.2, 0.25) is 17.7 Å². The van der Waals surface area contributed by atoms with Gasteiger partial charge in [-0.05, 0) is 77.7 Å². The van der Waals surface area contributed by atoms with Crippen molar-refractivity contribution in [2.24, 2.45) is 23.7 Å². The Labute approximate surface area is 303 Å². The van der Waals surface area contributed by atoms with E-state index in [0.29, 0.717) is 44.9 Å². The minimum Gasteiger partial charge on any atom is -0.461 e. The van der Waals surface area contributed by atoms with E-state index in [2.05, 4.69) is 21.3 Å². The van der Waals surface area contributed by atoms with Gasteiger partial charge < -0.3 is 30.7 Å². The molecule has 282 valence electrons. The monoisotopic (exact) mass is 708 g/mol. The number of alkyl carbamates (subject to hydrolysis) is 1. The van der Waals surface area contributed by atoms with Crippen molar-refractivity contribution in [1.82, 2.24) is 21.3 Å². The van der Waals surface area contributed by atoms with Gasteiger partial charge in [0.05, 0.1) is 23.7 Å². The topological polar surface area (TPSA) is 152 Å². The number of ether oxygens (including phenoxy) is 2. The lowest BCUT2D eigenvalue weighted by Crippen LogP contribution is -2.57. The highest BCUT2D eigenvalue weighted by Gasteiger charge is 2.41. The molecule has 0 heterocycles.